The van der Waals surface area contributed by atoms with Crippen LogP contribution in [0.1, 0.15) is 170 Å². The second-order valence-corrected chi connectivity index (χ2v) is 27.9. The summed E-state index contributed by atoms with van der Waals surface area (Å²) in [5, 5.41) is 1.17. The van der Waals surface area contributed by atoms with Gasteiger partial charge in [0, 0.05) is 45.2 Å². The molecule has 0 amide bonds. The maximum Gasteiger partial charge on any atom is 0.296 e. The molecular weight excluding hydrogens is 898 g/mol. The highest BCUT2D eigenvalue weighted by molar-refractivity contribution is 6.95. The number of anilines is 7. The standard InChI is InChI=1S/C69H80BN3O/c1-43-36-51-53(68(12,13)34-32-66(51,8)9)41-56(43)73-57-42-54-52(67(10,11)33-35-69(54,14)15)40-55(57)70-61-58(38-49(39-59(61)73)71(46-22-18-16-19-23-46)47-24-20-17-21-25-47)72(48-29-26-44(27-30-48)64(2,3)4)62-50-37-45(65(5,6)7)28-31-60(50)74-63(62)70/h16,18-20,22-31,36-41,54H,17,21,32-35,42H2,1-15H3. The number of hydrogen-bond donors (Lipinski definition) is 0. The summed E-state index contributed by atoms with van der Waals surface area (Å²) < 4.78 is 7.59. The molecule has 3 heterocycles. The highest BCUT2D eigenvalue weighted by Gasteiger charge is 2.53. The van der Waals surface area contributed by atoms with Gasteiger partial charge in [-0.15, -0.1) is 0 Å². The molecule has 4 nitrogen and oxygen atoms in total. The fraction of sp³-hybridized carbons (Fsp3) is 0.420. The van der Waals surface area contributed by atoms with Gasteiger partial charge in [0.1, 0.15) is 5.58 Å². The van der Waals surface area contributed by atoms with Gasteiger partial charge in [0.15, 0.2) is 0 Å². The number of aryl methyl sites for hydroxylation is 1. The average molecular weight is 978 g/mol. The van der Waals surface area contributed by atoms with Gasteiger partial charge in [-0.1, -0.05) is 163 Å². The predicted octanol–water partition coefficient (Wildman–Crippen LogP) is 18.2. The van der Waals surface area contributed by atoms with Gasteiger partial charge in [-0.05, 0) is 190 Å². The SMILES string of the molecule is Cc1cc2c(cc1N1C3=C(C=C4C(C3)C(C)(C)CCC4(C)C)B3c4oc5ccc(C(C)(C)C)cc5c4N(c4ccc(C(C)(C)C)cc4)c4cc(N(C5=CCCC=C5)c5ccccc5)cc1c43)C(C)(C)CCC2(C)C. The first-order valence-corrected chi connectivity index (χ1v) is 28.1. The summed E-state index contributed by atoms with van der Waals surface area (Å²) in [6.45, 7) is 36.3. The van der Waals surface area contributed by atoms with Crippen LogP contribution in [-0.4, -0.2) is 6.71 Å². The number of furan rings is 1. The van der Waals surface area contributed by atoms with E-state index in [1.54, 1.807) is 5.57 Å². The number of hydrogen-bond acceptors (Lipinski definition) is 4. The van der Waals surface area contributed by atoms with Crippen LogP contribution in [0.5, 0.6) is 0 Å². The Kier molecular flexibility index (Phi) is 10.9. The molecule has 0 spiro atoms. The van der Waals surface area contributed by atoms with Crippen molar-refractivity contribution in [3.63, 3.8) is 0 Å². The Bertz CT molecular complexity index is 3410. The Morgan fingerprint density at radius 2 is 1.27 bits per heavy atom. The highest BCUT2D eigenvalue weighted by atomic mass is 16.3. The zero-order valence-electron chi connectivity index (χ0n) is 47.4. The molecule has 6 aliphatic rings. The summed E-state index contributed by atoms with van der Waals surface area (Å²) in [5.74, 6) is 0.397. The first kappa shape index (κ1) is 49.0. The van der Waals surface area contributed by atoms with E-state index in [0.717, 1.165) is 59.7 Å². The molecule has 0 radical (unpaired) electrons. The third-order valence-corrected chi connectivity index (χ3v) is 19.0. The van der Waals surface area contributed by atoms with Crippen LogP contribution in [0.15, 0.2) is 148 Å². The summed E-state index contributed by atoms with van der Waals surface area (Å²) in [6, 6.07) is 37.9. The van der Waals surface area contributed by atoms with Crippen LogP contribution < -0.4 is 25.8 Å². The molecule has 6 aromatic rings. The Morgan fingerprint density at radius 3 is 1.92 bits per heavy atom. The van der Waals surface area contributed by atoms with Gasteiger partial charge in [-0.25, -0.2) is 0 Å². The van der Waals surface area contributed by atoms with Crippen LogP contribution in [0.4, 0.5) is 39.8 Å². The first-order valence-electron chi connectivity index (χ1n) is 28.1. The summed E-state index contributed by atoms with van der Waals surface area (Å²) in [4.78, 5) is 7.93. The topological polar surface area (TPSA) is 22.9 Å². The molecule has 0 bridgehead atoms. The third-order valence-electron chi connectivity index (χ3n) is 19.0. The second-order valence-electron chi connectivity index (χ2n) is 27.9. The van der Waals surface area contributed by atoms with E-state index in [4.69, 9.17) is 4.42 Å². The normalized spacial score (nSPS) is 21.1. The van der Waals surface area contributed by atoms with Crippen molar-refractivity contribution in [3.05, 3.63) is 172 Å². The molecule has 380 valence electrons. The molecule has 12 rings (SSSR count). The van der Waals surface area contributed by atoms with Crippen molar-refractivity contribution in [2.75, 3.05) is 14.7 Å². The molecule has 1 atom stereocenters. The lowest BCUT2D eigenvalue weighted by Gasteiger charge is -2.53. The van der Waals surface area contributed by atoms with E-state index in [1.807, 2.05) is 0 Å². The zero-order chi connectivity index (χ0) is 52.2. The largest absolute Gasteiger partial charge is 0.468 e. The van der Waals surface area contributed by atoms with Crippen LogP contribution in [-0.2, 0) is 21.7 Å². The fourth-order valence-corrected chi connectivity index (χ4v) is 14.0. The molecule has 1 aromatic heterocycles. The molecular formula is C69H80BN3O. The number of nitrogens with zero attached hydrogens (tertiary/aromatic N) is 3. The van der Waals surface area contributed by atoms with E-state index in [0.29, 0.717) is 5.92 Å². The van der Waals surface area contributed by atoms with Crippen LogP contribution in [0.25, 0.3) is 11.0 Å². The van der Waals surface area contributed by atoms with E-state index in [9.17, 15) is 0 Å². The third kappa shape index (κ3) is 7.66. The van der Waals surface area contributed by atoms with Gasteiger partial charge in [0.2, 0.25) is 0 Å². The maximum atomic E-state index is 7.59. The van der Waals surface area contributed by atoms with Crippen LogP contribution in [0.3, 0.4) is 0 Å². The molecule has 1 fully saturated rings. The summed E-state index contributed by atoms with van der Waals surface area (Å²) in [5.41, 5.74) is 24.6. The monoisotopic (exact) mass is 978 g/mol. The number of rotatable bonds is 5. The van der Waals surface area contributed by atoms with Crippen LogP contribution >= 0.6 is 0 Å². The van der Waals surface area contributed by atoms with Gasteiger partial charge in [0.05, 0.1) is 17.0 Å². The van der Waals surface area contributed by atoms with E-state index in [2.05, 4.69) is 240 Å². The fourth-order valence-electron chi connectivity index (χ4n) is 14.0. The van der Waals surface area contributed by atoms with Gasteiger partial charge >= 0.3 is 0 Å². The number of allylic oxidation sites excluding steroid dienone is 7. The molecule has 2 aliphatic heterocycles. The maximum absolute atomic E-state index is 7.59. The molecule has 5 heteroatoms. The lowest BCUT2D eigenvalue weighted by Crippen LogP contribution is -2.57. The van der Waals surface area contributed by atoms with Gasteiger partial charge in [0.25, 0.3) is 6.71 Å². The lowest BCUT2D eigenvalue weighted by atomic mass is 9.33. The molecule has 0 N–H and O–H groups in total. The second kappa shape index (κ2) is 16.5. The summed E-state index contributed by atoms with van der Waals surface area (Å²) in [7, 11) is 0. The van der Waals surface area contributed by atoms with Crippen molar-refractivity contribution in [2.45, 2.75) is 170 Å². The minimum Gasteiger partial charge on any atom is -0.468 e. The van der Waals surface area contributed by atoms with E-state index < -0.39 is 0 Å². The Labute approximate surface area is 444 Å². The summed E-state index contributed by atoms with van der Waals surface area (Å²) in [6.07, 6.45) is 17.6. The van der Waals surface area contributed by atoms with Crippen molar-refractivity contribution in [1.29, 1.82) is 0 Å². The van der Waals surface area contributed by atoms with Crippen LogP contribution in [0, 0.1) is 23.7 Å². The highest BCUT2D eigenvalue weighted by Crippen LogP contribution is 2.60. The van der Waals surface area contributed by atoms with Crippen molar-refractivity contribution >= 4 is 68.6 Å². The minimum atomic E-state index is -0.132. The van der Waals surface area contributed by atoms with Gasteiger partial charge in [-0.3, -0.25) is 0 Å². The molecule has 1 saturated carbocycles. The molecule has 0 saturated heterocycles. The zero-order valence-corrected chi connectivity index (χ0v) is 47.4. The molecule has 1 unspecified atom stereocenters. The Morgan fingerprint density at radius 1 is 0.635 bits per heavy atom. The average Bonchev–Trinajstić information content (AvgIpc) is 3.78. The quantitative estimate of drug-likeness (QED) is 0.161. The van der Waals surface area contributed by atoms with Crippen molar-refractivity contribution in [3.8, 4) is 0 Å². The molecule has 5 aromatic carbocycles. The van der Waals surface area contributed by atoms with Crippen LogP contribution in [0.2, 0.25) is 0 Å². The number of benzene rings is 5. The van der Waals surface area contributed by atoms with Crippen molar-refractivity contribution < 1.29 is 4.42 Å². The number of para-hydroxylation sites is 1. The Balaban J connectivity index is 1.25. The van der Waals surface area contributed by atoms with Crippen molar-refractivity contribution in [1.82, 2.24) is 0 Å². The first-order chi connectivity index (χ1) is 34.8. The Hall–Kier alpha value is -5.94. The summed E-state index contributed by atoms with van der Waals surface area (Å²) >= 11 is 0. The van der Waals surface area contributed by atoms with E-state index in [1.165, 1.54) is 91.9 Å². The van der Waals surface area contributed by atoms with Crippen molar-refractivity contribution in [2.24, 2.45) is 16.7 Å². The number of fused-ring (bicyclic) bond motifs is 7. The molecule has 4 aliphatic carbocycles. The minimum absolute atomic E-state index is 0.00479. The van der Waals surface area contributed by atoms with Gasteiger partial charge < -0.3 is 19.1 Å². The lowest BCUT2D eigenvalue weighted by molar-refractivity contribution is 0.121. The van der Waals surface area contributed by atoms with E-state index in [-0.39, 0.29) is 39.2 Å². The molecule has 74 heavy (non-hydrogen) atoms. The smallest absolute Gasteiger partial charge is 0.296 e. The van der Waals surface area contributed by atoms with Gasteiger partial charge in [-0.2, -0.15) is 0 Å². The van der Waals surface area contributed by atoms with E-state index >= 15 is 0 Å². The predicted molar refractivity (Wildman–Crippen MR) is 317 cm³/mol.